The van der Waals surface area contributed by atoms with Crippen molar-refractivity contribution in [3.05, 3.63) is 12.2 Å². The molecule has 2 atom stereocenters. The van der Waals surface area contributed by atoms with Gasteiger partial charge in [-0.3, -0.25) is 4.79 Å². The standard InChI is InChI=1S/C11H17NO3S/c13-11(9-4-2-1-3-5-9)12-10-6-7-16(14,15)8-10/h1-2,9-10H,3-8H2,(H,12,13). The molecule has 0 aromatic heterocycles. The number of sulfone groups is 1. The number of carbonyl (C=O) groups excluding carboxylic acids is 1. The Hall–Kier alpha value is -0.840. The van der Waals surface area contributed by atoms with Crippen molar-refractivity contribution in [2.24, 2.45) is 5.92 Å². The highest BCUT2D eigenvalue weighted by atomic mass is 32.2. The number of amides is 1. The van der Waals surface area contributed by atoms with Crippen LogP contribution in [0.2, 0.25) is 0 Å². The smallest absolute Gasteiger partial charge is 0.223 e. The van der Waals surface area contributed by atoms with Gasteiger partial charge in [-0.05, 0) is 25.7 Å². The first-order valence-corrected chi connectivity index (χ1v) is 7.55. The van der Waals surface area contributed by atoms with E-state index in [-0.39, 0.29) is 29.4 Å². The van der Waals surface area contributed by atoms with E-state index in [0.717, 1.165) is 19.3 Å². The van der Waals surface area contributed by atoms with Crippen molar-refractivity contribution in [1.29, 1.82) is 0 Å². The molecule has 1 saturated heterocycles. The zero-order valence-corrected chi connectivity index (χ0v) is 10.0. The molecule has 1 aliphatic carbocycles. The maximum atomic E-state index is 11.8. The van der Waals surface area contributed by atoms with E-state index in [9.17, 15) is 13.2 Å². The van der Waals surface area contributed by atoms with Gasteiger partial charge in [-0.25, -0.2) is 8.42 Å². The molecule has 1 heterocycles. The van der Waals surface area contributed by atoms with Crippen LogP contribution in [0.1, 0.15) is 25.7 Å². The Kier molecular flexibility index (Phi) is 3.33. The minimum atomic E-state index is -2.90. The van der Waals surface area contributed by atoms with E-state index in [1.54, 1.807) is 0 Å². The van der Waals surface area contributed by atoms with E-state index in [1.807, 2.05) is 6.08 Å². The molecule has 1 aliphatic heterocycles. The lowest BCUT2D eigenvalue weighted by molar-refractivity contribution is -0.125. The van der Waals surface area contributed by atoms with Crippen LogP contribution in [-0.2, 0) is 14.6 Å². The van der Waals surface area contributed by atoms with Crippen molar-refractivity contribution in [1.82, 2.24) is 5.32 Å². The van der Waals surface area contributed by atoms with Gasteiger partial charge in [-0.15, -0.1) is 0 Å². The Balaban J connectivity index is 1.86. The Morgan fingerprint density at radius 3 is 2.62 bits per heavy atom. The molecule has 0 radical (unpaired) electrons. The Labute approximate surface area is 96.0 Å². The molecule has 5 heteroatoms. The highest BCUT2D eigenvalue weighted by molar-refractivity contribution is 7.91. The number of carbonyl (C=O) groups is 1. The number of hydrogen-bond donors (Lipinski definition) is 1. The first kappa shape index (κ1) is 11.6. The fraction of sp³-hybridized carbons (Fsp3) is 0.727. The van der Waals surface area contributed by atoms with Gasteiger partial charge < -0.3 is 5.32 Å². The van der Waals surface area contributed by atoms with E-state index < -0.39 is 9.84 Å². The predicted octanol–water partition coefficient (Wildman–Crippen LogP) is 0.646. The molecule has 1 fully saturated rings. The second-order valence-corrected chi connectivity index (χ2v) is 6.82. The van der Waals surface area contributed by atoms with Crippen molar-refractivity contribution in [2.75, 3.05) is 11.5 Å². The normalized spacial score (nSPS) is 32.5. The first-order valence-electron chi connectivity index (χ1n) is 5.72. The number of nitrogens with one attached hydrogen (secondary N) is 1. The SMILES string of the molecule is O=C(NC1CCS(=O)(=O)C1)C1CC=CCC1. The van der Waals surface area contributed by atoms with E-state index in [0.29, 0.717) is 6.42 Å². The van der Waals surface area contributed by atoms with Gasteiger partial charge in [0.2, 0.25) is 5.91 Å². The van der Waals surface area contributed by atoms with Crippen LogP contribution < -0.4 is 5.32 Å². The average molecular weight is 243 g/mol. The Bertz CT molecular complexity index is 399. The van der Waals surface area contributed by atoms with Gasteiger partial charge in [0, 0.05) is 12.0 Å². The highest BCUT2D eigenvalue weighted by Crippen LogP contribution is 2.19. The molecular weight excluding hydrogens is 226 g/mol. The summed E-state index contributed by atoms with van der Waals surface area (Å²) in [6, 6.07) is -0.164. The van der Waals surface area contributed by atoms with E-state index >= 15 is 0 Å². The summed E-state index contributed by atoms with van der Waals surface area (Å²) in [7, 11) is -2.90. The molecule has 1 amide bonds. The Morgan fingerprint density at radius 2 is 2.06 bits per heavy atom. The quantitative estimate of drug-likeness (QED) is 0.724. The summed E-state index contributed by atoms with van der Waals surface area (Å²) in [6.07, 6.45) is 7.29. The summed E-state index contributed by atoms with van der Waals surface area (Å²) in [6.45, 7) is 0. The minimum absolute atomic E-state index is 0.0199. The second-order valence-electron chi connectivity index (χ2n) is 4.59. The third-order valence-corrected chi connectivity index (χ3v) is 4.99. The maximum Gasteiger partial charge on any atom is 0.223 e. The maximum absolute atomic E-state index is 11.8. The molecule has 2 rings (SSSR count). The van der Waals surface area contributed by atoms with Crippen molar-refractivity contribution in [3.63, 3.8) is 0 Å². The van der Waals surface area contributed by atoms with E-state index in [4.69, 9.17) is 0 Å². The van der Waals surface area contributed by atoms with Crippen molar-refractivity contribution in [2.45, 2.75) is 31.7 Å². The zero-order valence-electron chi connectivity index (χ0n) is 9.19. The van der Waals surface area contributed by atoms with Crippen LogP contribution in [0.25, 0.3) is 0 Å². The minimum Gasteiger partial charge on any atom is -0.352 e. The molecule has 0 aromatic rings. The molecule has 2 unspecified atom stereocenters. The lowest BCUT2D eigenvalue weighted by Gasteiger charge is -2.19. The molecule has 90 valence electrons. The van der Waals surface area contributed by atoms with Crippen LogP contribution in [0.4, 0.5) is 0 Å². The third kappa shape index (κ3) is 2.84. The summed E-state index contributed by atoms with van der Waals surface area (Å²) < 4.78 is 22.5. The number of hydrogen-bond acceptors (Lipinski definition) is 3. The van der Waals surface area contributed by atoms with Gasteiger partial charge in [-0.1, -0.05) is 12.2 Å². The van der Waals surface area contributed by atoms with Crippen LogP contribution in [0.15, 0.2) is 12.2 Å². The molecule has 0 aromatic carbocycles. The van der Waals surface area contributed by atoms with Gasteiger partial charge in [-0.2, -0.15) is 0 Å². The largest absolute Gasteiger partial charge is 0.352 e. The van der Waals surface area contributed by atoms with Crippen LogP contribution in [0, 0.1) is 5.92 Å². The molecule has 0 saturated carbocycles. The molecule has 1 N–H and O–H groups in total. The lowest BCUT2D eigenvalue weighted by atomic mass is 9.93. The zero-order chi connectivity index (χ0) is 11.6. The van der Waals surface area contributed by atoms with Gasteiger partial charge in [0.05, 0.1) is 11.5 Å². The van der Waals surface area contributed by atoms with Crippen LogP contribution >= 0.6 is 0 Å². The summed E-state index contributed by atoms with van der Waals surface area (Å²) >= 11 is 0. The Morgan fingerprint density at radius 1 is 1.25 bits per heavy atom. The van der Waals surface area contributed by atoms with Crippen LogP contribution in [-0.4, -0.2) is 31.9 Å². The predicted molar refractivity (Wildman–Crippen MR) is 61.7 cm³/mol. The molecule has 4 nitrogen and oxygen atoms in total. The summed E-state index contributed by atoms with van der Waals surface area (Å²) in [4.78, 5) is 11.8. The van der Waals surface area contributed by atoms with Gasteiger partial charge >= 0.3 is 0 Å². The fourth-order valence-electron chi connectivity index (χ4n) is 2.26. The van der Waals surface area contributed by atoms with Gasteiger partial charge in [0.1, 0.15) is 0 Å². The molecule has 2 aliphatic rings. The van der Waals surface area contributed by atoms with Crippen LogP contribution in [0.3, 0.4) is 0 Å². The number of allylic oxidation sites excluding steroid dienone is 2. The summed E-state index contributed by atoms with van der Waals surface area (Å²) in [5.41, 5.74) is 0. The topological polar surface area (TPSA) is 63.2 Å². The summed E-state index contributed by atoms with van der Waals surface area (Å²) in [5, 5.41) is 2.85. The lowest BCUT2D eigenvalue weighted by Crippen LogP contribution is -2.39. The average Bonchev–Trinajstić information content (AvgIpc) is 2.59. The number of rotatable bonds is 2. The molecule has 16 heavy (non-hydrogen) atoms. The van der Waals surface area contributed by atoms with Crippen molar-refractivity contribution in [3.8, 4) is 0 Å². The van der Waals surface area contributed by atoms with E-state index in [1.165, 1.54) is 0 Å². The van der Waals surface area contributed by atoms with Crippen molar-refractivity contribution < 1.29 is 13.2 Å². The first-order chi connectivity index (χ1) is 7.57. The molecular formula is C11H17NO3S. The summed E-state index contributed by atoms with van der Waals surface area (Å²) in [5.74, 6) is 0.379. The molecule has 0 spiro atoms. The third-order valence-electron chi connectivity index (χ3n) is 3.22. The monoisotopic (exact) mass is 243 g/mol. The van der Waals surface area contributed by atoms with Crippen LogP contribution in [0.5, 0.6) is 0 Å². The highest BCUT2D eigenvalue weighted by Gasteiger charge is 2.30. The molecule has 0 bridgehead atoms. The van der Waals surface area contributed by atoms with Crippen molar-refractivity contribution >= 4 is 15.7 Å². The van der Waals surface area contributed by atoms with Gasteiger partial charge in [0.15, 0.2) is 9.84 Å². The van der Waals surface area contributed by atoms with E-state index in [2.05, 4.69) is 11.4 Å². The second kappa shape index (κ2) is 4.57. The van der Waals surface area contributed by atoms with Gasteiger partial charge in [0.25, 0.3) is 0 Å². The fourth-order valence-corrected chi connectivity index (χ4v) is 3.93.